The van der Waals surface area contributed by atoms with Gasteiger partial charge in [0.1, 0.15) is 0 Å². The van der Waals surface area contributed by atoms with Gasteiger partial charge in [-0.15, -0.1) is 0 Å². The Kier molecular flexibility index (Phi) is 3.10. The number of aromatic amines is 1. The zero-order valence-corrected chi connectivity index (χ0v) is 10.4. The summed E-state index contributed by atoms with van der Waals surface area (Å²) < 4.78 is 5.34. The van der Waals surface area contributed by atoms with Crippen LogP contribution in [-0.4, -0.2) is 26.7 Å². The summed E-state index contributed by atoms with van der Waals surface area (Å²) in [5.41, 5.74) is 0. The van der Waals surface area contributed by atoms with Crippen LogP contribution >= 0.6 is 0 Å². The smallest absolute Gasteiger partial charge is 0.244 e. The van der Waals surface area contributed by atoms with Gasteiger partial charge in [-0.05, 0) is 25.3 Å². The molecule has 18 heavy (non-hydrogen) atoms. The quantitative estimate of drug-likeness (QED) is 0.866. The van der Waals surface area contributed by atoms with E-state index in [1.54, 1.807) is 12.4 Å². The summed E-state index contributed by atoms with van der Waals surface area (Å²) in [4.78, 5) is 11.5. The molecule has 0 bridgehead atoms. The number of nitrogens with zero attached hydrogens (tertiary/aromatic N) is 3. The van der Waals surface area contributed by atoms with Gasteiger partial charge in [0, 0.05) is 12.4 Å². The third-order valence-corrected chi connectivity index (χ3v) is 3.54. The summed E-state index contributed by atoms with van der Waals surface area (Å²) in [6.45, 7) is 3.25. The third-order valence-electron chi connectivity index (χ3n) is 3.54. The first-order chi connectivity index (χ1) is 8.86. The maximum atomic E-state index is 5.34. The van der Waals surface area contributed by atoms with Crippen molar-refractivity contribution in [2.75, 3.05) is 6.54 Å². The molecule has 96 valence electrons. The lowest BCUT2D eigenvalue weighted by Crippen LogP contribution is -2.31. The van der Waals surface area contributed by atoms with Crippen LogP contribution in [0.25, 0.3) is 11.6 Å². The van der Waals surface area contributed by atoms with E-state index in [-0.39, 0.29) is 6.04 Å². The van der Waals surface area contributed by atoms with E-state index in [1.165, 1.54) is 12.8 Å². The zero-order valence-electron chi connectivity index (χ0n) is 10.4. The van der Waals surface area contributed by atoms with Crippen LogP contribution in [0.3, 0.4) is 0 Å². The number of hydrogen-bond acceptors (Lipinski definition) is 5. The van der Waals surface area contributed by atoms with Crippen molar-refractivity contribution in [3.63, 3.8) is 0 Å². The minimum atomic E-state index is 0.180. The zero-order chi connectivity index (χ0) is 12.4. The van der Waals surface area contributed by atoms with Gasteiger partial charge < -0.3 is 14.8 Å². The summed E-state index contributed by atoms with van der Waals surface area (Å²) >= 11 is 0. The fourth-order valence-electron chi connectivity index (χ4n) is 2.42. The largest absolute Gasteiger partial charge is 0.342 e. The second kappa shape index (κ2) is 4.89. The molecule has 0 saturated carbocycles. The van der Waals surface area contributed by atoms with Gasteiger partial charge in [0.2, 0.25) is 11.7 Å². The Morgan fingerprint density at radius 1 is 1.50 bits per heavy atom. The number of imidazole rings is 1. The Morgan fingerprint density at radius 2 is 2.44 bits per heavy atom. The van der Waals surface area contributed by atoms with Gasteiger partial charge in [-0.3, -0.25) is 0 Å². The average molecular weight is 247 g/mol. The van der Waals surface area contributed by atoms with Crippen molar-refractivity contribution < 1.29 is 4.52 Å². The maximum Gasteiger partial charge on any atom is 0.244 e. The van der Waals surface area contributed by atoms with Crippen molar-refractivity contribution in [2.45, 2.75) is 32.2 Å². The number of hydrogen-bond donors (Lipinski definition) is 2. The molecule has 0 amide bonds. The lowest BCUT2D eigenvalue weighted by atomic mass is 9.90. The van der Waals surface area contributed by atoms with Gasteiger partial charge in [0.05, 0.1) is 6.04 Å². The second-order valence-electron chi connectivity index (χ2n) is 4.70. The molecule has 1 aliphatic heterocycles. The van der Waals surface area contributed by atoms with Crippen LogP contribution in [0, 0.1) is 5.92 Å². The topological polar surface area (TPSA) is 79.6 Å². The van der Waals surface area contributed by atoms with Crippen LogP contribution in [-0.2, 0) is 0 Å². The molecule has 1 fully saturated rings. The lowest BCUT2D eigenvalue weighted by Gasteiger charge is -2.27. The molecule has 2 N–H and O–H groups in total. The van der Waals surface area contributed by atoms with Crippen LogP contribution in [0.15, 0.2) is 16.9 Å². The lowest BCUT2D eigenvalue weighted by molar-refractivity contribution is 0.246. The van der Waals surface area contributed by atoms with E-state index in [1.807, 2.05) is 0 Å². The Labute approximate surface area is 105 Å². The van der Waals surface area contributed by atoms with Crippen LogP contribution in [0.1, 0.15) is 38.1 Å². The van der Waals surface area contributed by atoms with Crippen LogP contribution in [0.5, 0.6) is 0 Å². The minimum absolute atomic E-state index is 0.180. The van der Waals surface area contributed by atoms with E-state index in [4.69, 9.17) is 4.52 Å². The molecule has 6 nitrogen and oxygen atoms in total. The number of rotatable bonds is 3. The van der Waals surface area contributed by atoms with E-state index >= 15 is 0 Å². The highest BCUT2D eigenvalue weighted by Gasteiger charge is 2.26. The van der Waals surface area contributed by atoms with Crippen LogP contribution < -0.4 is 5.32 Å². The highest BCUT2D eigenvalue weighted by atomic mass is 16.5. The van der Waals surface area contributed by atoms with Crippen molar-refractivity contribution in [3.8, 4) is 11.6 Å². The summed E-state index contributed by atoms with van der Waals surface area (Å²) in [5.74, 6) is 2.58. The molecule has 1 aliphatic rings. The first-order valence-corrected chi connectivity index (χ1v) is 6.43. The molecule has 0 spiro atoms. The summed E-state index contributed by atoms with van der Waals surface area (Å²) in [7, 11) is 0. The van der Waals surface area contributed by atoms with Gasteiger partial charge in [0.25, 0.3) is 0 Å². The van der Waals surface area contributed by atoms with E-state index in [9.17, 15) is 0 Å². The fourth-order valence-corrected chi connectivity index (χ4v) is 2.42. The van der Waals surface area contributed by atoms with Crippen LogP contribution in [0.4, 0.5) is 0 Å². The number of nitrogens with one attached hydrogen (secondary N) is 2. The normalized spacial score (nSPS) is 24.3. The summed E-state index contributed by atoms with van der Waals surface area (Å²) in [5, 5.41) is 7.40. The van der Waals surface area contributed by atoms with E-state index in [0.29, 0.717) is 17.5 Å². The minimum Gasteiger partial charge on any atom is -0.342 e. The second-order valence-corrected chi connectivity index (χ2v) is 4.70. The summed E-state index contributed by atoms with van der Waals surface area (Å²) in [6, 6.07) is 0.180. The molecule has 2 unspecified atom stereocenters. The van der Waals surface area contributed by atoms with Crippen molar-refractivity contribution in [2.24, 2.45) is 5.92 Å². The number of piperidine rings is 1. The van der Waals surface area contributed by atoms with E-state index < -0.39 is 0 Å². The fraction of sp³-hybridized carbons (Fsp3) is 0.583. The third kappa shape index (κ3) is 2.15. The number of aromatic nitrogens is 4. The van der Waals surface area contributed by atoms with Gasteiger partial charge >= 0.3 is 0 Å². The maximum absolute atomic E-state index is 5.34. The Morgan fingerprint density at radius 3 is 3.22 bits per heavy atom. The highest BCUT2D eigenvalue weighted by Crippen LogP contribution is 2.28. The molecule has 2 atom stereocenters. The van der Waals surface area contributed by atoms with Crippen molar-refractivity contribution >= 4 is 0 Å². The SMILES string of the molecule is CCC1CCNC(c2nc(-c3ncc[nH]3)no2)C1. The Bertz CT molecular complexity index is 492. The highest BCUT2D eigenvalue weighted by molar-refractivity contribution is 5.40. The van der Waals surface area contributed by atoms with Crippen molar-refractivity contribution in [1.82, 2.24) is 25.4 Å². The van der Waals surface area contributed by atoms with Crippen molar-refractivity contribution in [3.05, 3.63) is 18.3 Å². The molecule has 0 aliphatic carbocycles. The van der Waals surface area contributed by atoms with Gasteiger partial charge in [-0.1, -0.05) is 18.5 Å². The molecule has 0 radical (unpaired) electrons. The van der Waals surface area contributed by atoms with Crippen molar-refractivity contribution in [1.29, 1.82) is 0 Å². The van der Waals surface area contributed by atoms with E-state index in [0.717, 1.165) is 18.9 Å². The van der Waals surface area contributed by atoms with Gasteiger partial charge in [-0.25, -0.2) is 4.98 Å². The Balaban J connectivity index is 1.77. The molecule has 2 aromatic heterocycles. The number of H-pyrrole nitrogens is 1. The summed E-state index contributed by atoms with van der Waals surface area (Å²) in [6.07, 6.45) is 6.93. The Hall–Kier alpha value is -1.69. The first kappa shape index (κ1) is 11.4. The predicted octanol–water partition coefficient (Wildman–Crippen LogP) is 1.91. The standard InChI is InChI=1S/C12H17N5O/c1-2-8-3-4-13-9(7-8)12-16-11(17-18-12)10-14-5-6-15-10/h5-6,8-9,13H,2-4,7H2,1H3,(H,14,15). The molecule has 3 heterocycles. The average Bonchev–Trinajstić information content (AvgIpc) is 3.09. The van der Waals surface area contributed by atoms with Gasteiger partial charge in [0.15, 0.2) is 5.82 Å². The molecule has 2 aromatic rings. The monoisotopic (exact) mass is 247 g/mol. The first-order valence-electron chi connectivity index (χ1n) is 6.43. The molecular formula is C12H17N5O. The van der Waals surface area contributed by atoms with E-state index in [2.05, 4.69) is 32.3 Å². The van der Waals surface area contributed by atoms with Crippen LogP contribution in [0.2, 0.25) is 0 Å². The molecule has 0 aromatic carbocycles. The molecular weight excluding hydrogens is 230 g/mol. The molecule has 1 saturated heterocycles. The predicted molar refractivity (Wildman–Crippen MR) is 65.6 cm³/mol. The molecule has 6 heteroatoms. The van der Waals surface area contributed by atoms with Gasteiger partial charge in [-0.2, -0.15) is 4.98 Å². The molecule has 3 rings (SSSR count).